The Morgan fingerprint density at radius 3 is 0.727 bits per heavy atom. The lowest BCUT2D eigenvalue weighted by Gasteiger charge is -2.10. The van der Waals surface area contributed by atoms with E-state index in [1.165, 1.54) is 39.2 Å². The van der Waals surface area contributed by atoms with Gasteiger partial charge >= 0.3 is 11.0 Å². The molecule has 0 unspecified atom stereocenters. The Morgan fingerprint density at radius 2 is 0.545 bits per heavy atom. The predicted octanol–water partition coefficient (Wildman–Crippen LogP) is 10.1. The summed E-state index contributed by atoms with van der Waals surface area (Å²) in [6, 6.07) is 61.5. The predicted molar refractivity (Wildman–Crippen MR) is 199 cm³/mol. The van der Waals surface area contributed by atoms with E-state index in [0.717, 1.165) is 0 Å². The van der Waals surface area contributed by atoms with Crippen LogP contribution in [0.2, 0.25) is 0 Å². The molecule has 0 aromatic heterocycles. The monoisotopic (exact) mass is 854 g/mol. The number of benzene rings is 6. The standard InChI is InChI=1S/C36H28S3.2CHF3O3S/c1-5-13-31(14-6-1)38(32-15-7-2-8-16-32)35-25-21-29(22-26-35)37-30-23-27-36(28-24-30)39(33-17-9-3-10-18-33)34-19-11-4-12-20-34;2*2-1(3,4)8(5,6)7/h1-28H;2*(H,5,6,7)/q+2;;/p-2. The van der Waals surface area contributed by atoms with Gasteiger partial charge in [-0.3, -0.25) is 0 Å². The summed E-state index contributed by atoms with van der Waals surface area (Å²) in [6.07, 6.45) is 0. The Hall–Kier alpha value is -4.23. The van der Waals surface area contributed by atoms with Crippen LogP contribution in [0.1, 0.15) is 0 Å². The SMILES string of the molecule is O=S(=O)([O-])C(F)(F)F.O=S(=O)([O-])C(F)(F)F.c1ccc([S+](c2ccccc2)c2ccc(Sc3ccc([S+](c4ccccc4)c4ccccc4)cc3)cc2)cc1. The summed E-state index contributed by atoms with van der Waals surface area (Å²) in [4.78, 5) is 10.5. The van der Waals surface area contributed by atoms with Gasteiger partial charge in [-0.25, -0.2) is 16.8 Å². The van der Waals surface area contributed by atoms with Crippen LogP contribution in [0.15, 0.2) is 209 Å². The number of rotatable bonds is 8. The van der Waals surface area contributed by atoms with Crippen molar-refractivity contribution in [2.75, 3.05) is 0 Å². The van der Waals surface area contributed by atoms with Crippen LogP contribution >= 0.6 is 11.8 Å². The lowest BCUT2D eigenvalue weighted by Crippen LogP contribution is -2.21. The van der Waals surface area contributed by atoms with Gasteiger partial charge < -0.3 is 9.11 Å². The molecule has 0 aliphatic rings. The van der Waals surface area contributed by atoms with Gasteiger partial charge in [0.2, 0.25) is 0 Å². The second kappa shape index (κ2) is 19.1. The third kappa shape index (κ3) is 12.9. The van der Waals surface area contributed by atoms with Crippen LogP contribution in [0.25, 0.3) is 0 Å². The maximum atomic E-state index is 10.7. The molecule has 0 spiro atoms. The molecule has 0 aliphatic heterocycles. The average molecular weight is 855 g/mol. The van der Waals surface area contributed by atoms with Crippen LogP contribution in [-0.4, -0.2) is 37.0 Å². The first-order valence-corrected chi connectivity index (χ1v) is 21.5. The van der Waals surface area contributed by atoms with E-state index >= 15 is 0 Å². The number of halogens is 6. The average Bonchev–Trinajstić information content (AvgIpc) is 3.14. The van der Waals surface area contributed by atoms with Crippen LogP contribution < -0.4 is 0 Å². The van der Waals surface area contributed by atoms with Crippen molar-refractivity contribution in [1.82, 2.24) is 0 Å². The number of hydrogen-bond acceptors (Lipinski definition) is 7. The molecule has 17 heteroatoms. The smallest absolute Gasteiger partial charge is 0.485 e. The van der Waals surface area contributed by atoms with E-state index < -0.39 is 31.3 Å². The van der Waals surface area contributed by atoms with Crippen molar-refractivity contribution in [2.45, 2.75) is 50.2 Å². The van der Waals surface area contributed by atoms with Crippen LogP contribution in [-0.2, 0) is 42.0 Å². The fourth-order valence-electron chi connectivity index (χ4n) is 4.47. The zero-order chi connectivity index (χ0) is 40.3. The molecule has 55 heavy (non-hydrogen) atoms. The largest absolute Gasteiger partial charge is 0.741 e. The number of hydrogen-bond donors (Lipinski definition) is 0. The molecule has 0 radical (unpaired) electrons. The summed E-state index contributed by atoms with van der Waals surface area (Å²) < 4.78 is 118. The molecule has 0 atom stereocenters. The minimum absolute atomic E-state index is 0.123. The van der Waals surface area contributed by atoms with Crippen molar-refractivity contribution >= 4 is 53.8 Å². The van der Waals surface area contributed by atoms with Gasteiger partial charge in [0.15, 0.2) is 49.6 Å². The Balaban J connectivity index is 0.000000354. The Bertz CT molecular complexity index is 2050. The summed E-state index contributed by atoms with van der Waals surface area (Å²) in [5.74, 6) is 0. The van der Waals surface area contributed by atoms with Crippen LogP contribution in [0.4, 0.5) is 26.3 Å². The van der Waals surface area contributed by atoms with Crippen LogP contribution in [0, 0.1) is 0 Å². The van der Waals surface area contributed by atoms with Gasteiger partial charge in [-0.05, 0) is 97.1 Å². The molecule has 6 rings (SSSR count). The third-order valence-electron chi connectivity index (χ3n) is 6.84. The molecule has 6 aromatic rings. The molecule has 0 heterocycles. The fourth-order valence-corrected chi connectivity index (χ4v) is 9.45. The van der Waals surface area contributed by atoms with E-state index in [0.29, 0.717) is 0 Å². The first-order valence-electron chi connectivity index (χ1n) is 15.5. The normalized spacial score (nSPS) is 12.0. The van der Waals surface area contributed by atoms with E-state index in [1.807, 2.05) is 11.8 Å². The Morgan fingerprint density at radius 1 is 0.364 bits per heavy atom. The lowest BCUT2D eigenvalue weighted by atomic mass is 10.3. The highest BCUT2D eigenvalue weighted by atomic mass is 32.2. The molecule has 6 aromatic carbocycles. The summed E-state index contributed by atoms with van der Waals surface area (Å²) in [5.41, 5.74) is -11.3. The van der Waals surface area contributed by atoms with Crippen LogP contribution in [0.3, 0.4) is 0 Å². The molecule has 0 fully saturated rings. The highest BCUT2D eigenvalue weighted by Crippen LogP contribution is 2.36. The van der Waals surface area contributed by atoms with Gasteiger partial charge in [0.25, 0.3) is 0 Å². The zero-order valence-electron chi connectivity index (χ0n) is 27.9. The van der Waals surface area contributed by atoms with Gasteiger partial charge in [-0.1, -0.05) is 84.6 Å². The third-order valence-corrected chi connectivity index (χ3v) is 13.4. The molecule has 0 N–H and O–H groups in total. The Kier molecular flexibility index (Phi) is 15.1. The topological polar surface area (TPSA) is 114 Å². The molecule has 0 saturated heterocycles. The summed E-state index contributed by atoms with van der Waals surface area (Å²) in [5, 5.41) is 0. The van der Waals surface area contributed by atoms with Crippen molar-refractivity contribution < 1.29 is 52.3 Å². The summed E-state index contributed by atoms with van der Waals surface area (Å²) in [7, 11) is -12.4. The van der Waals surface area contributed by atoms with Crippen LogP contribution in [0.5, 0.6) is 0 Å². The van der Waals surface area contributed by atoms with E-state index in [4.69, 9.17) is 25.9 Å². The van der Waals surface area contributed by atoms with Gasteiger partial charge in [-0.15, -0.1) is 0 Å². The molecule has 0 bridgehead atoms. The second-order valence-corrected chi connectivity index (χ2v) is 18.7. The molecule has 288 valence electrons. The molecule has 0 aliphatic carbocycles. The van der Waals surface area contributed by atoms with Gasteiger partial charge in [0.05, 0.1) is 21.8 Å². The van der Waals surface area contributed by atoms with E-state index in [-0.39, 0.29) is 21.8 Å². The first kappa shape index (κ1) is 43.5. The summed E-state index contributed by atoms with van der Waals surface area (Å²) in [6.45, 7) is 0. The molecule has 0 saturated carbocycles. The van der Waals surface area contributed by atoms with Crippen molar-refractivity contribution in [2.24, 2.45) is 0 Å². The highest BCUT2D eigenvalue weighted by molar-refractivity contribution is 7.99. The zero-order valence-corrected chi connectivity index (χ0v) is 32.0. The first-order chi connectivity index (χ1) is 25.8. The quantitative estimate of drug-likeness (QED) is 0.0648. The molecule has 0 amide bonds. The highest BCUT2D eigenvalue weighted by Gasteiger charge is 2.37. The van der Waals surface area contributed by atoms with Crippen molar-refractivity contribution in [3.63, 3.8) is 0 Å². The van der Waals surface area contributed by atoms with E-state index in [1.54, 1.807) is 0 Å². The summed E-state index contributed by atoms with van der Waals surface area (Å²) >= 11 is 1.82. The van der Waals surface area contributed by atoms with Gasteiger partial charge in [0.1, 0.15) is 0 Å². The Labute approximate surface area is 324 Å². The minimum Gasteiger partial charge on any atom is -0.741 e. The van der Waals surface area contributed by atoms with Gasteiger partial charge in [-0.2, -0.15) is 26.3 Å². The fraction of sp³-hybridized carbons (Fsp3) is 0.0526. The maximum Gasteiger partial charge on any atom is 0.485 e. The maximum absolute atomic E-state index is 10.7. The van der Waals surface area contributed by atoms with E-state index in [9.17, 15) is 26.3 Å². The molecular weight excluding hydrogens is 827 g/mol. The number of alkyl halides is 6. The molecule has 6 nitrogen and oxygen atoms in total. The minimum atomic E-state index is -6.09. The van der Waals surface area contributed by atoms with Gasteiger partial charge in [0, 0.05) is 9.79 Å². The second-order valence-electron chi connectivity index (χ2n) is 10.7. The van der Waals surface area contributed by atoms with Crippen molar-refractivity contribution in [3.8, 4) is 0 Å². The van der Waals surface area contributed by atoms with E-state index in [2.05, 4.69) is 170 Å². The van der Waals surface area contributed by atoms with Crippen molar-refractivity contribution in [3.05, 3.63) is 170 Å². The van der Waals surface area contributed by atoms with Crippen molar-refractivity contribution in [1.29, 1.82) is 0 Å². The molecular formula is C38H28F6O6S5. The lowest BCUT2D eigenvalue weighted by molar-refractivity contribution is -0.0522.